The van der Waals surface area contributed by atoms with Gasteiger partial charge in [-0.25, -0.2) is 9.59 Å². The summed E-state index contributed by atoms with van der Waals surface area (Å²) < 4.78 is 91.5. The molecule has 8 aromatic heterocycles. The highest BCUT2D eigenvalue weighted by molar-refractivity contribution is 6.01. The number of aliphatic hydroxyl groups excluding tert-OH is 2. The Morgan fingerprint density at radius 1 is 0.348 bits per heavy atom. The van der Waals surface area contributed by atoms with Gasteiger partial charge in [0.2, 0.25) is 12.7 Å². The van der Waals surface area contributed by atoms with Crippen molar-refractivity contribution in [2.24, 2.45) is 5.73 Å². The number of ether oxygens (including phenoxy) is 3. The van der Waals surface area contributed by atoms with Gasteiger partial charge in [-0.3, -0.25) is 45.5 Å². The lowest BCUT2D eigenvalue weighted by molar-refractivity contribution is -0.138. The van der Waals surface area contributed by atoms with Gasteiger partial charge in [-0.2, -0.15) is 62.0 Å². The van der Waals surface area contributed by atoms with E-state index in [1.54, 1.807) is 85.1 Å². The van der Waals surface area contributed by atoms with Crippen molar-refractivity contribution in [1.82, 2.24) is 76.4 Å². The third-order valence-electron chi connectivity index (χ3n) is 22.2. The van der Waals surface area contributed by atoms with Crippen LogP contribution in [-0.4, -0.2) is 123 Å². The number of fused-ring (bicyclic) bond motifs is 8. The molecule has 0 bridgehead atoms. The predicted molar refractivity (Wildman–Crippen MR) is 507 cm³/mol. The molecule has 22 rings (SSSR count). The number of carbonyl (C=O) groups excluding carboxylic acids is 2. The van der Waals surface area contributed by atoms with Crippen LogP contribution < -0.4 is 15.2 Å². The number of aryl methyl sites for hydroxylation is 5. The minimum Gasteiger partial charge on any atom is -0.478 e. The number of aromatic amines is 7. The first-order valence-corrected chi connectivity index (χ1v) is 42.1. The smallest absolute Gasteiger partial charge is 0.416 e. The van der Waals surface area contributed by atoms with Gasteiger partial charge in [-0.1, -0.05) is 137 Å². The van der Waals surface area contributed by atoms with Gasteiger partial charge in [0.15, 0.2) is 11.5 Å². The Morgan fingerprint density at radius 3 is 1.10 bits per heavy atom. The SMILES string of the molecule is COC(=O)c1ccc(-c2n[nH]c3cc(C(F)(F)F)ccc23)cc1.Cc1ccc2[nH]nc(-c3ccc(C(=O)O)cc3)c2c1.Cc1ccc2[nH]nc(-c3ccc(CO)cc3)c2c1.Cc1ccc2[nH]nc(-c3cccc(C(N)=O)c3)c2c1.Cc1ccc2[nH]nc(-c3cccc(CO)c3)c2c1.Cc1ccc2[nH]nc(-c3cccnc3)c2c1.FC(F)(F)c1ccc2c(-c3ccc4c(c3)OCO4)n[nH]c2c1. The first-order valence-electron chi connectivity index (χ1n) is 42.1. The highest BCUT2D eigenvalue weighted by Gasteiger charge is 2.33. The number of H-pyrrole nitrogens is 7. The van der Waals surface area contributed by atoms with Crippen LogP contribution in [0.2, 0.25) is 0 Å². The van der Waals surface area contributed by atoms with Crippen molar-refractivity contribution in [3.8, 4) is 90.3 Å². The first kappa shape index (κ1) is 91.1. The number of nitrogens with two attached hydrogens (primary N) is 1. The highest BCUT2D eigenvalue weighted by Crippen LogP contribution is 2.41. The van der Waals surface area contributed by atoms with Gasteiger partial charge in [0, 0.05) is 94.6 Å². The number of hydrogen-bond acceptors (Lipinski definition) is 16. The summed E-state index contributed by atoms with van der Waals surface area (Å²) in [5.41, 5.74) is 30.5. The van der Waals surface area contributed by atoms with Crippen molar-refractivity contribution in [3.05, 3.63) is 358 Å². The van der Waals surface area contributed by atoms with E-state index in [2.05, 4.69) is 156 Å². The van der Waals surface area contributed by atoms with Gasteiger partial charge in [0.1, 0.15) is 11.4 Å². The van der Waals surface area contributed by atoms with Crippen molar-refractivity contribution < 1.29 is 70.3 Å². The van der Waals surface area contributed by atoms with E-state index in [0.717, 1.165) is 157 Å². The molecular weight excluding hydrogens is 1730 g/mol. The van der Waals surface area contributed by atoms with Crippen LogP contribution in [0, 0.1) is 34.6 Å². The first-order chi connectivity index (χ1) is 65.1. The number of benzene rings is 13. The third-order valence-corrected chi connectivity index (χ3v) is 22.2. The zero-order valence-corrected chi connectivity index (χ0v) is 73.0. The number of primary amides is 1. The number of carboxylic acids is 1. The quantitative estimate of drug-likeness (QED) is 0.0400. The van der Waals surface area contributed by atoms with Crippen molar-refractivity contribution >= 4 is 94.2 Å². The van der Waals surface area contributed by atoms with Crippen LogP contribution in [0.3, 0.4) is 0 Å². The van der Waals surface area contributed by atoms with E-state index < -0.39 is 41.3 Å². The zero-order chi connectivity index (χ0) is 94.8. The molecule has 25 nitrogen and oxygen atoms in total. The van der Waals surface area contributed by atoms with Gasteiger partial charge in [-0.15, -0.1) is 0 Å². The number of nitrogens with zero attached hydrogens (tertiary/aromatic N) is 8. The fourth-order valence-corrected chi connectivity index (χ4v) is 15.2. The number of pyridine rings is 1. The molecule has 1 aliphatic heterocycles. The van der Waals surface area contributed by atoms with E-state index in [0.29, 0.717) is 61.4 Å². The molecule has 0 unspecified atom stereocenters. The predicted octanol–water partition coefficient (Wildman–Crippen LogP) is 22.9. The molecule has 0 saturated heterocycles. The molecule has 31 heteroatoms. The summed E-state index contributed by atoms with van der Waals surface area (Å²) in [6.45, 7) is 10.6. The van der Waals surface area contributed by atoms with E-state index in [-0.39, 0.29) is 25.6 Å². The molecule has 135 heavy (non-hydrogen) atoms. The minimum absolute atomic E-state index is 0.0508. The van der Waals surface area contributed by atoms with Crippen LogP contribution in [0.15, 0.2) is 291 Å². The molecule has 0 spiro atoms. The number of esters is 1. The largest absolute Gasteiger partial charge is 0.478 e. The second kappa shape index (κ2) is 39.6. The van der Waals surface area contributed by atoms with Crippen LogP contribution in [-0.2, 0) is 30.3 Å². The standard InChI is InChI=1S/C16H11F3N2O2.C15H9F3N2O2.C15H13N3O.C15H12N2O2.2C15H14N2O.C13H11N3/c1-23-15(22)10-4-2-9(3-5-10)14-12-7-6-11(16(17,18)19)8-13(12)20-21-14;16-15(17,18)9-2-3-10-11(6-9)19-20-14(10)8-1-4-12-13(5-8)22-7-21-12;1-9-5-6-13-12(7-9)14(18-17-13)10-3-2-4-11(8-10)15(16)19;1-9-2-7-13-12(8-9)14(17-16-13)10-3-5-11(6-4-10)15(18)19;1-10-2-7-14-13(8-10)15(17-16-14)12-5-3-11(9-18)4-6-12;1-10-5-6-14-13(7-10)15(17-16-14)12-4-2-3-11(8-12)9-18;1-9-4-5-12-11(7-9)13(16-15-12)10-3-2-6-14-8-10/h2-8H,1H3,(H,20,21);1-6H,7H2,(H,19,20);2-8H,1H3,(H2,16,19)(H,17,18);2-8H,1H3,(H,16,17)(H,18,19);2*2-8,18H,9H2,1H3,(H,16,17);2-8H,1H3,(H,15,16). The average Bonchev–Trinajstić information content (AvgIpc) is 1.67. The van der Waals surface area contributed by atoms with E-state index in [4.69, 9.17) is 25.4 Å². The Hall–Kier alpha value is -17.2. The molecule has 0 fully saturated rings. The van der Waals surface area contributed by atoms with Gasteiger partial charge >= 0.3 is 24.3 Å². The zero-order valence-electron chi connectivity index (χ0n) is 73.0. The lowest BCUT2D eigenvalue weighted by Gasteiger charge is -2.06. The van der Waals surface area contributed by atoms with Crippen LogP contribution in [0.4, 0.5) is 26.3 Å². The third kappa shape index (κ3) is 20.8. The van der Waals surface area contributed by atoms with Gasteiger partial charge < -0.3 is 35.3 Å². The number of amides is 1. The van der Waals surface area contributed by atoms with Crippen molar-refractivity contribution in [3.63, 3.8) is 0 Å². The molecular formula is C104H84F6N16O9. The maximum absolute atomic E-state index is 12.7. The van der Waals surface area contributed by atoms with Gasteiger partial charge in [0.05, 0.1) is 110 Å². The van der Waals surface area contributed by atoms with E-state index in [1.165, 1.54) is 41.5 Å². The summed E-state index contributed by atoms with van der Waals surface area (Å²) in [7, 11) is 1.29. The number of aliphatic hydroxyl groups is 2. The van der Waals surface area contributed by atoms with Crippen molar-refractivity contribution in [1.29, 1.82) is 0 Å². The van der Waals surface area contributed by atoms with Gasteiger partial charge in [0.25, 0.3) is 0 Å². The Kier molecular flexibility index (Phi) is 26.8. The molecule has 0 radical (unpaired) electrons. The molecule has 1 aliphatic rings. The van der Waals surface area contributed by atoms with Gasteiger partial charge in [-0.05, 0) is 216 Å². The van der Waals surface area contributed by atoms with E-state index in [9.17, 15) is 45.8 Å². The molecule has 0 saturated carbocycles. The maximum Gasteiger partial charge on any atom is 0.416 e. The fourth-order valence-electron chi connectivity index (χ4n) is 15.2. The van der Waals surface area contributed by atoms with Crippen LogP contribution in [0.25, 0.3) is 155 Å². The summed E-state index contributed by atoms with van der Waals surface area (Å²) in [4.78, 5) is 37.6. The Morgan fingerprint density at radius 2 is 0.704 bits per heavy atom. The monoisotopic (exact) mass is 1810 g/mol. The van der Waals surface area contributed by atoms with Crippen molar-refractivity contribution in [2.45, 2.75) is 60.2 Å². The van der Waals surface area contributed by atoms with Crippen molar-refractivity contribution in [2.75, 3.05) is 13.9 Å². The molecule has 12 N–H and O–H groups in total. The summed E-state index contributed by atoms with van der Waals surface area (Å²) in [6, 6.07) is 83.2. The van der Waals surface area contributed by atoms with Crippen LogP contribution >= 0.6 is 0 Å². The lowest BCUT2D eigenvalue weighted by Crippen LogP contribution is -2.10. The Bertz CT molecular complexity index is 7880. The molecule has 21 aromatic rings. The average molecular weight is 1820 g/mol. The topological polar surface area (TPSA) is 379 Å². The Labute approximate surface area is 765 Å². The fraction of sp³-hybridized carbons (Fsp3) is 0.106. The number of alkyl halides is 6. The summed E-state index contributed by atoms with van der Waals surface area (Å²) >= 11 is 0. The summed E-state index contributed by atoms with van der Waals surface area (Å²) in [6.07, 6.45) is -5.18. The minimum atomic E-state index is -4.40. The van der Waals surface area contributed by atoms with E-state index in [1.807, 2.05) is 129 Å². The number of aromatic nitrogens is 15. The number of carboxylic acid groups (broad SMARTS) is 1. The number of hydrogen-bond donors (Lipinski definition) is 11. The number of carbonyl (C=O) groups is 3. The number of halogens is 6. The highest BCUT2D eigenvalue weighted by atomic mass is 19.4. The normalized spacial score (nSPS) is 11.5. The number of methoxy groups -OCH3 is 1. The number of nitrogens with one attached hydrogen (secondary N) is 7. The molecule has 0 atom stereocenters. The van der Waals surface area contributed by atoms with Crippen LogP contribution in [0.5, 0.6) is 11.5 Å². The van der Waals surface area contributed by atoms with E-state index >= 15 is 0 Å². The number of rotatable bonds is 12. The molecule has 0 aliphatic carbocycles. The van der Waals surface area contributed by atoms with Crippen LogP contribution in [0.1, 0.15) is 81.1 Å². The molecule has 9 heterocycles. The Balaban J connectivity index is 0.000000115. The second-order valence-corrected chi connectivity index (χ2v) is 31.7. The maximum atomic E-state index is 12.7. The molecule has 13 aromatic carbocycles. The lowest BCUT2D eigenvalue weighted by atomic mass is 10.0. The molecule has 676 valence electrons. The summed E-state index contributed by atoms with van der Waals surface area (Å²) in [5, 5.41) is 84.1. The number of aromatic carboxylic acids is 1. The summed E-state index contributed by atoms with van der Waals surface area (Å²) in [5.74, 6) is -0.575. The molecule has 1 amide bonds. The second-order valence-electron chi connectivity index (χ2n) is 31.7.